The van der Waals surface area contributed by atoms with Crippen LogP contribution in [-0.4, -0.2) is 103 Å². The van der Waals surface area contributed by atoms with Gasteiger partial charge >= 0.3 is 23.9 Å². The monoisotopic (exact) mass is 911 g/mol. The molecule has 350 valence electrons. The van der Waals surface area contributed by atoms with E-state index in [1.54, 1.807) is 51.2 Å². The summed E-state index contributed by atoms with van der Waals surface area (Å²) in [5.41, 5.74) is 7.48. The number of nitrogens with two attached hydrogens (primary N) is 1. The van der Waals surface area contributed by atoms with Crippen LogP contribution in [0, 0.1) is 17.8 Å². The average Bonchev–Trinajstić information content (AvgIpc) is 3.67. The molecule has 5 N–H and O–H groups in total. The number of H-pyrrole nitrogens is 1. The summed E-state index contributed by atoms with van der Waals surface area (Å²) in [6.07, 6.45) is 5.86. The van der Waals surface area contributed by atoms with Crippen molar-refractivity contribution in [2.45, 2.75) is 93.7 Å². The quantitative estimate of drug-likeness (QED) is 0.0514. The van der Waals surface area contributed by atoms with Crippen LogP contribution in [0.5, 0.6) is 0 Å². The van der Waals surface area contributed by atoms with Gasteiger partial charge in [0.05, 0.1) is 25.5 Å². The van der Waals surface area contributed by atoms with E-state index in [1.165, 1.54) is 24.5 Å². The molecule has 0 fully saturated rings. The Kier molecular flexibility index (Phi) is 28.3. The highest BCUT2D eigenvalue weighted by Crippen LogP contribution is 2.19. The van der Waals surface area contributed by atoms with E-state index in [-0.39, 0.29) is 72.8 Å². The van der Waals surface area contributed by atoms with Gasteiger partial charge in [-0.3, -0.25) is 24.4 Å². The van der Waals surface area contributed by atoms with Crippen LogP contribution < -0.4 is 11.1 Å². The summed E-state index contributed by atoms with van der Waals surface area (Å²) in [4.78, 5) is 99.6. The largest absolute Gasteiger partial charge is 0.477 e. The van der Waals surface area contributed by atoms with Gasteiger partial charge in [-0.05, 0) is 81.3 Å². The van der Waals surface area contributed by atoms with Crippen molar-refractivity contribution in [1.82, 2.24) is 30.2 Å². The van der Waals surface area contributed by atoms with Crippen molar-refractivity contribution in [3.8, 4) is 11.5 Å². The number of ether oxygens (including phenoxy) is 3. The van der Waals surface area contributed by atoms with Crippen LogP contribution in [0.2, 0.25) is 0 Å². The smallest absolute Gasteiger partial charge is 0.358 e. The lowest BCUT2D eigenvalue weighted by Gasteiger charge is -2.17. The second-order valence-electron chi connectivity index (χ2n) is 14.7. The molecule has 4 rings (SSSR count). The Hall–Kier alpha value is -6.40. The van der Waals surface area contributed by atoms with Gasteiger partial charge in [0.25, 0.3) is 5.91 Å². The minimum atomic E-state index is -1.29. The summed E-state index contributed by atoms with van der Waals surface area (Å²) in [7, 11) is 0. The fraction of sp³-hybridized carbons (Fsp3) is 0.444. The molecule has 4 heterocycles. The molecule has 0 aliphatic rings. The van der Waals surface area contributed by atoms with E-state index in [4.69, 9.17) is 20.3 Å². The molecule has 4 aromatic rings. The second-order valence-corrected chi connectivity index (χ2v) is 14.7. The standard InChI is InChI=1S/C15H19N3O2.C15H20N2O4.C9H17NO3.C6H5NO2.ClH/c1-4-20-15(19)13-12(9-10(2)3)17-14(18-13)11-7-5-6-8-16-11;1-4-21-15(20)13(12(18)9-10(2)3)17-14(19)11-7-5-6-8-16-11;1-4-13-9(12)8(10)7(11)5-6(2)3;8-6(9)5-3-1-2-4-7-5;/h5-8,10H,4,9H2,1-3H3,(H,17,18);5-8,10,13H,4,9H2,1-3H3,(H,17,19);6,8H,4-5,10H2,1-3H3;1-4H,(H,8,9);1H. The summed E-state index contributed by atoms with van der Waals surface area (Å²) in [6.45, 7) is 17.5. The zero-order valence-electron chi connectivity index (χ0n) is 37.9. The minimum Gasteiger partial charge on any atom is -0.477 e. The van der Waals surface area contributed by atoms with E-state index in [1.807, 2.05) is 45.9 Å². The number of rotatable bonds is 18. The third-order valence-corrected chi connectivity index (χ3v) is 7.77. The highest BCUT2D eigenvalue weighted by molar-refractivity contribution is 6.08. The number of aromatic nitrogens is 5. The number of aromatic carboxylic acids is 1. The minimum absolute atomic E-state index is 0. The van der Waals surface area contributed by atoms with Gasteiger partial charge in [0, 0.05) is 31.4 Å². The molecule has 18 nitrogen and oxygen atoms in total. The summed E-state index contributed by atoms with van der Waals surface area (Å²) in [5, 5.41) is 10.7. The summed E-state index contributed by atoms with van der Waals surface area (Å²) >= 11 is 0. The highest BCUT2D eigenvalue weighted by Gasteiger charge is 2.30. The number of carboxylic acid groups (broad SMARTS) is 1. The molecule has 0 aromatic carbocycles. The molecular weight excluding hydrogens is 850 g/mol. The maximum Gasteiger partial charge on any atom is 0.358 e. The number of nitrogens with one attached hydrogen (secondary N) is 2. The van der Waals surface area contributed by atoms with Crippen molar-refractivity contribution < 1.29 is 52.9 Å². The number of ketones is 2. The van der Waals surface area contributed by atoms with E-state index in [0.29, 0.717) is 36.2 Å². The molecule has 64 heavy (non-hydrogen) atoms. The van der Waals surface area contributed by atoms with Crippen LogP contribution in [0.15, 0.2) is 73.2 Å². The SMILES string of the molecule is CCOC(=O)C(N)C(=O)CC(C)C.CCOC(=O)C(NC(=O)c1ccccn1)C(=O)CC(C)C.CCOC(=O)c1nc(-c2ccccn2)[nH]c1CC(C)C.Cl.O=C(O)c1ccccn1. The Morgan fingerprint density at radius 2 is 1.17 bits per heavy atom. The Bertz CT molecular complexity index is 2030. The average molecular weight is 912 g/mol. The van der Waals surface area contributed by atoms with Gasteiger partial charge in [-0.1, -0.05) is 59.7 Å². The van der Waals surface area contributed by atoms with Crippen molar-refractivity contribution in [2.24, 2.45) is 23.5 Å². The number of esters is 3. The molecule has 2 atom stereocenters. The fourth-order valence-corrected chi connectivity index (χ4v) is 5.06. The molecule has 0 aliphatic carbocycles. The van der Waals surface area contributed by atoms with Crippen LogP contribution >= 0.6 is 12.4 Å². The summed E-state index contributed by atoms with van der Waals surface area (Å²) in [5.74, 6) is -2.64. The predicted molar refractivity (Wildman–Crippen MR) is 240 cm³/mol. The molecule has 0 spiro atoms. The fourth-order valence-electron chi connectivity index (χ4n) is 5.06. The van der Waals surface area contributed by atoms with Crippen molar-refractivity contribution in [2.75, 3.05) is 19.8 Å². The first-order valence-corrected chi connectivity index (χ1v) is 20.5. The molecule has 0 aliphatic heterocycles. The third-order valence-electron chi connectivity index (χ3n) is 7.77. The predicted octanol–water partition coefficient (Wildman–Crippen LogP) is 5.90. The molecule has 1 amide bonds. The van der Waals surface area contributed by atoms with Crippen LogP contribution in [0.3, 0.4) is 0 Å². The van der Waals surface area contributed by atoms with Gasteiger partial charge in [0.1, 0.15) is 17.1 Å². The lowest BCUT2D eigenvalue weighted by molar-refractivity contribution is -0.149. The van der Waals surface area contributed by atoms with Gasteiger partial charge in [0.15, 0.2) is 35.2 Å². The van der Waals surface area contributed by atoms with Crippen LogP contribution in [0.4, 0.5) is 0 Å². The van der Waals surface area contributed by atoms with Gasteiger partial charge < -0.3 is 35.4 Å². The van der Waals surface area contributed by atoms with Gasteiger partial charge in [-0.25, -0.2) is 29.1 Å². The molecule has 0 saturated heterocycles. The first-order chi connectivity index (χ1) is 29.9. The number of nitrogens with zero attached hydrogens (tertiary/aromatic N) is 4. The Morgan fingerprint density at radius 1 is 0.672 bits per heavy atom. The first kappa shape index (κ1) is 57.6. The highest BCUT2D eigenvalue weighted by atomic mass is 35.5. The van der Waals surface area contributed by atoms with Gasteiger partial charge in [0.2, 0.25) is 0 Å². The van der Waals surface area contributed by atoms with Gasteiger partial charge in [-0.2, -0.15) is 0 Å². The molecule has 0 bridgehead atoms. The summed E-state index contributed by atoms with van der Waals surface area (Å²) < 4.78 is 14.5. The number of carboxylic acids is 1. The maximum atomic E-state index is 12.1. The number of aromatic amines is 1. The molecule has 19 heteroatoms. The number of halogens is 1. The Labute approximate surface area is 380 Å². The number of amides is 1. The molecule has 4 aromatic heterocycles. The number of imidazole rings is 1. The van der Waals surface area contributed by atoms with Crippen molar-refractivity contribution >= 4 is 53.8 Å². The molecule has 0 saturated carbocycles. The van der Waals surface area contributed by atoms with Crippen LogP contribution in [0.1, 0.15) is 112 Å². The zero-order valence-corrected chi connectivity index (χ0v) is 38.7. The second kappa shape index (κ2) is 31.4. The Morgan fingerprint density at radius 3 is 1.61 bits per heavy atom. The number of carbonyl (C=O) groups excluding carboxylic acids is 6. The van der Waals surface area contributed by atoms with Gasteiger partial charge in [-0.15, -0.1) is 12.4 Å². The van der Waals surface area contributed by atoms with E-state index in [9.17, 15) is 33.6 Å². The van der Waals surface area contributed by atoms with Crippen LogP contribution in [-0.2, 0) is 39.8 Å². The molecule has 0 radical (unpaired) electrons. The van der Waals surface area contributed by atoms with E-state index < -0.39 is 35.9 Å². The maximum absolute atomic E-state index is 12.1. The first-order valence-electron chi connectivity index (χ1n) is 20.5. The van der Waals surface area contributed by atoms with E-state index in [2.05, 4.69) is 48.8 Å². The topological polar surface area (TPSA) is 273 Å². The van der Waals surface area contributed by atoms with Crippen molar-refractivity contribution in [3.05, 3.63) is 96.0 Å². The molecule has 2 unspecified atom stereocenters. The van der Waals surface area contributed by atoms with Crippen molar-refractivity contribution in [3.63, 3.8) is 0 Å². The number of carbonyl (C=O) groups is 7. The van der Waals surface area contributed by atoms with E-state index in [0.717, 1.165) is 12.1 Å². The number of Topliss-reactive ketones (excluding diaryl/α,β-unsaturated/α-hetero) is 2. The third kappa shape index (κ3) is 22.1. The number of hydrogen-bond donors (Lipinski definition) is 4. The normalized spacial score (nSPS) is 11.1. The zero-order chi connectivity index (χ0) is 47.5. The molecular formula is C45H62ClN7O11. The number of hydrogen-bond acceptors (Lipinski definition) is 15. The lowest BCUT2D eigenvalue weighted by atomic mass is 10.0. The van der Waals surface area contributed by atoms with Crippen LogP contribution in [0.25, 0.3) is 11.5 Å². The number of pyridine rings is 3. The lowest BCUT2D eigenvalue weighted by Crippen LogP contribution is -2.47. The summed E-state index contributed by atoms with van der Waals surface area (Å²) in [6, 6.07) is 12.8. The Balaban J connectivity index is 0.000000860. The van der Waals surface area contributed by atoms with E-state index >= 15 is 0 Å². The van der Waals surface area contributed by atoms with Crippen molar-refractivity contribution in [1.29, 1.82) is 0 Å².